The van der Waals surface area contributed by atoms with E-state index in [0.29, 0.717) is 23.9 Å². The second-order valence-corrected chi connectivity index (χ2v) is 7.51. The molecule has 0 aliphatic carbocycles. The molecule has 1 aliphatic heterocycles. The first-order valence-electron chi connectivity index (χ1n) is 8.80. The molecule has 8 heteroatoms. The van der Waals surface area contributed by atoms with Gasteiger partial charge in [0.2, 0.25) is 5.95 Å². The number of hydrogen-bond donors (Lipinski definition) is 0. The molecule has 3 aromatic heterocycles. The van der Waals surface area contributed by atoms with Crippen LogP contribution in [-0.2, 0) is 7.05 Å². The molecule has 3 aromatic rings. The third kappa shape index (κ3) is 3.52. The van der Waals surface area contributed by atoms with Crippen molar-refractivity contribution in [3.05, 3.63) is 57.4 Å². The first kappa shape index (κ1) is 17.5. The van der Waals surface area contributed by atoms with Crippen LogP contribution in [-0.4, -0.2) is 38.4 Å². The van der Waals surface area contributed by atoms with Crippen molar-refractivity contribution in [2.45, 2.75) is 12.8 Å². The Hall–Kier alpha value is -2.87. The van der Waals surface area contributed by atoms with Gasteiger partial charge in [-0.3, -0.25) is 14.2 Å². The molecular weight excluding hydrogens is 362 g/mol. The Balaban J connectivity index is 1.65. The zero-order chi connectivity index (χ0) is 18.8. The minimum atomic E-state index is -0.152. The molecule has 4 heterocycles. The van der Waals surface area contributed by atoms with E-state index in [9.17, 15) is 9.59 Å². The summed E-state index contributed by atoms with van der Waals surface area (Å²) in [6, 6.07) is 6.97. The third-order valence-electron chi connectivity index (χ3n) is 4.79. The number of anilines is 1. The number of nitrogens with zero attached hydrogens (tertiary/aromatic N) is 5. The second kappa shape index (κ2) is 7.40. The number of carbonyl (C=O) groups excluding carboxylic acids is 1. The van der Waals surface area contributed by atoms with Gasteiger partial charge in [-0.25, -0.2) is 15.0 Å². The fraction of sp³-hybridized carbons (Fsp3) is 0.316. The van der Waals surface area contributed by atoms with E-state index in [2.05, 4.69) is 15.0 Å². The molecule has 138 valence electrons. The summed E-state index contributed by atoms with van der Waals surface area (Å²) in [5.74, 6) is 0.656. The summed E-state index contributed by atoms with van der Waals surface area (Å²) in [5.41, 5.74) is 0.967. The van der Waals surface area contributed by atoms with Gasteiger partial charge in [0.05, 0.1) is 16.3 Å². The molecular formula is C19H19N5O2S. The van der Waals surface area contributed by atoms with Gasteiger partial charge in [-0.05, 0) is 30.4 Å². The lowest BCUT2D eigenvalue weighted by Gasteiger charge is -2.33. The van der Waals surface area contributed by atoms with Gasteiger partial charge in [0, 0.05) is 38.3 Å². The minimum Gasteiger partial charge on any atom is -0.341 e. The molecule has 1 atom stereocenters. The van der Waals surface area contributed by atoms with Crippen molar-refractivity contribution in [1.29, 1.82) is 0 Å². The quantitative estimate of drug-likeness (QED) is 0.646. The highest BCUT2D eigenvalue weighted by molar-refractivity contribution is 7.12. The fourth-order valence-electron chi connectivity index (χ4n) is 3.38. The number of ketones is 1. The summed E-state index contributed by atoms with van der Waals surface area (Å²) >= 11 is 1.47. The van der Waals surface area contributed by atoms with Crippen molar-refractivity contribution in [2.24, 2.45) is 13.0 Å². The van der Waals surface area contributed by atoms with E-state index in [1.165, 1.54) is 28.3 Å². The van der Waals surface area contributed by atoms with E-state index in [-0.39, 0.29) is 17.3 Å². The number of rotatable bonds is 4. The van der Waals surface area contributed by atoms with Crippen LogP contribution in [0.2, 0.25) is 0 Å². The van der Waals surface area contributed by atoms with Crippen LogP contribution < -0.4 is 10.5 Å². The summed E-state index contributed by atoms with van der Waals surface area (Å²) in [7, 11) is 1.71. The Labute approximate surface area is 160 Å². The number of hydrogen-bond acceptors (Lipinski definition) is 7. The zero-order valence-electron chi connectivity index (χ0n) is 14.9. The Morgan fingerprint density at radius 3 is 2.93 bits per heavy atom. The molecule has 4 rings (SSSR count). The molecule has 1 aliphatic rings. The van der Waals surface area contributed by atoms with E-state index in [1.807, 2.05) is 22.4 Å². The van der Waals surface area contributed by atoms with Crippen LogP contribution in [0.4, 0.5) is 5.95 Å². The monoisotopic (exact) mass is 381 g/mol. The lowest BCUT2D eigenvalue weighted by molar-refractivity contribution is 0.0911. The van der Waals surface area contributed by atoms with Gasteiger partial charge >= 0.3 is 0 Å². The molecule has 0 amide bonds. The number of thiophene rings is 1. The van der Waals surface area contributed by atoms with E-state index >= 15 is 0 Å². The van der Waals surface area contributed by atoms with Crippen molar-refractivity contribution in [3.8, 4) is 11.4 Å². The van der Waals surface area contributed by atoms with Crippen LogP contribution in [0.1, 0.15) is 22.5 Å². The predicted octanol–water partition coefficient (Wildman–Crippen LogP) is 2.40. The lowest BCUT2D eigenvalue weighted by Crippen LogP contribution is -2.41. The summed E-state index contributed by atoms with van der Waals surface area (Å²) in [5, 5.41) is 1.92. The van der Waals surface area contributed by atoms with Crippen molar-refractivity contribution < 1.29 is 4.79 Å². The first-order chi connectivity index (χ1) is 13.1. The van der Waals surface area contributed by atoms with Gasteiger partial charge in [-0.15, -0.1) is 11.3 Å². The zero-order valence-corrected chi connectivity index (χ0v) is 15.7. The van der Waals surface area contributed by atoms with Gasteiger partial charge in [-0.2, -0.15) is 0 Å². The molecule has 27 heavy (non-hydrogen) atoms. The van der Waals surface area contributed by atoms with Crippen LogP contribution in [0.3, 0.4) is 0 Å². The van der Waals surface area contributed by atoms with E-state index in [0.717, 1.165) is 24.3 Å². The standard InChI is InChI=1S/C19H19N5O2S/c1-23-17(25)10-15(14-6-7-20-12-21-14)22-19(23)24-8-2-4-13(11-24)18(26)16-5-3-9-27-16/h3,5-7,9-10,12-13H,2,4,8,11H2,1H3. The van der Waals surface area contributed by atoms with Crippen molar-refractivity contribution in [3.63, 3.8) is 0 Å². The van der Waals surface area contributed by atoms with E-state index in [1.54, 1.807) is 19.3 Å². The van der Waals surface area contributed by atoms with Crippen LogP contribution >= 0.6 is 11.3 Å². The summed E-state index contributed by atoms with van der Waals surface area (Å²) in [4.78, 5) is 40.8. The molecule has 1 unspecified atom stereocenters. The molecule has 1 saturated heterocycles. The highest BCUT2D eigenvalue weighted by atomic mass is 32.1. The average Bonchev–Trinajstić information content (AvgIpc) is 3.25. The molecule has 1 fully saturated rings. The molecule has 0 aromatic carbocycles. The maximum absolute atomic E-state index is 12.8. The van der Waals surface area contributed by atoms with Gasteiger partial charge in [-0.1, -0.05) is 6.07 Å². The Bertz CT molecular complexity index is 1000. The number of Topliss-reactive ketones (excluding diaryl/α,β-unsaturated/α-hetero) is 1. The summed E-state index contributed by atoms with van der Waals surface area (Å²) in [6.07, 6.45) is 4.80. The van der Waals surface area contributed by atoms with Crippen LogP contribution in [0.15, 0.2) is 47.0 Å². The highest BCUT2D eigenvalue weighted by Gasteiger charge is 2.29. The van der Waals surface area contributed by atoms with Crippen LogP contribution in [0.25, 0.3) is 11.4 Å². The minimum absolute atomic E-state index is 0.0861. The predicted molar refractivity (Wildman–Crippen MR) is 104 cm³/mol. The first-order valence-corrected chi connectivity index (χ1v) is 9.68. The van der Waals surface area contributed by atoms with Crippen LogP contribution in [0.5, 0.6) is 0 Å². The number of carbonyl (C=O) groups is 1. The Morgan fingerprint density at radius 2 is 2.19 bits per heavy atom. The molecule has 0 bridgehead atoms. The highest BCUT2D eigenvalue weighted by Crippen LogP contribution is 2.26. The SMILES string of the molecule is Cn1c(N2CCCC(C(=O)c3cccs3)C2)nc(-c2ccncn2)cc1=O. The molecule has 0 saturated carbocycles. The van der Waals surface area contributed by atoms with Crippen LogP contribution in [0, 0.1) is 5.92 Å². The maximum Gasteiger partial charge on any atom is 0.255 e. The molecule has 7 nitrogen and oxygen atoms in total. The van der Waals surface area contributed by atoms with Gasteiger partial charge in [0.1, 0.15) is 6.33 Å². The van der Waals surface area contributed by atoms with E-state index in [4.69, 9.17) is 0 Å². The lowest BCUT2D eigenvalue weighted by atomic mass is 9.93. The topological polar surface area (TPSA) is 81.0 Å². The number of aromatic nitrogens is 4. The molecule has 0 N–H and O–H groups in total. The summed E-state index contributed by atoms with van der Waals surface area (Å²) < 4.78 is 1.53. The molecule has 0 radical (unpaired) electrons. The second-order valence-electron chi connectivity index (χ2n) is 6.56. The average molecular weight is 381 g/mol. The van der Waals surface area contributed by atoms with Crippen molar-refractivity contribution in [1.82, 2.24) is 19.5 Å². The fourth-order valence-corrected chi connectivity index (χ4v) is 4.12. The normalized spacial score (nSPS) is 17.1. The van der Waals surface area contributed by atoms with Crippen molar-refractivity contribution >= 4 is 23.1 Å². The molecule has 0 spiro atoms. The number of piperidine rings is 1. The van der Waals surface area contributed by atoms with Crippen molar-refractivity contribution in [2.75, 3.05) is 18.0 Å². The Kier molecular flexibility index (Phi) is 4.81. The smallest absolute Gasteiger partial charge is 0.255 e. The van der Waals surface area contributed by atoms with Gasteiger partial charge in [0.15, 0.2) is 5.78 Å². The Morgan fingerprint density at radius 1 is 1.30 bits per heavy atom. The third-order valence-corrected chi connectivity index (χ3v) is 5.68. The largest absolute Gasteiger partial charge is 0.341 e. The summed E-state index contributed by atoms with van der Waals surface area (Å²) in [6.45, 7) is 1.33. The van der Waals surface area contributed by atoms with Gasteiger partial charge in [0.25, 0.3) is 5.56 Å². The maximum atomic E-state index is 12.8. The van der Waals surface area contributed by atoms with E-state index < -0.39 is 0 Å². The van der Waals surface area contributed by atoms with Gasteiger partial charge < -0.3 is 4.90 Å².